The minimum absolute atomic E-state index is 0.0442. The first kappa shape index (κ1) is 30.8. The molecule has 7 atom stereocenters. The zero-order chi connectivity index (χ0) is 30.5. The van der Waals surface area contributed by atoms with Crippen LogP contribution < -0.4 is 5.32 Å². The fraction of sp³-hybridized carbons (Fsp3) is 0.722. The number of allylic oxidation sites excluding steroid dienone is 2. The van der Waals surface area contributed by atoms with E-state index >= 15 is 0 Å². The third-order valence-corrected chi connectivity index (χ3v) is 12.1. The van der Waals surface area contributed by atoms with Crippen LogP contribution in [-0.2, 0) is 5.66 Å². The number of piperazine rings is 1. The number of likely N-dealkylation sites (tertiary alicyclic amines) is 1. The molecule has 1 N–H and O–H groups in total. The molecule has 7 heteroatoms. The molecule has 0 bridgehead atoms. The van der Waals surface area contributed by atoms with Gasteiger partial charge in [-0.1, -0.05) is 45.6 Å². The van der Waals surface area contributed by atoms with Gasteiger partial charge in [-0.15, -0.1) is 0 Å². The Morgan fingerprint density at radius 3 is 2.40 bits per heavy atom. The number of piperidine rings is 1. The summed E-state index contributed by atoms with van der Waals surface area (Å²) < 4.78 is 2.35. The lowest BCUT2D eigenvalue weighted by Crippen LogP contribution is -2.50. The second kappa shape index (κ2) is 12.3. The van der Waals surface area contributed by atoms with Crippen molar-refractivity contribution >= 4 is 5.71 Å². The fourth-order valence-electron chi connectivity index (χ4n) is 9.03. The summed E-state index contributed by atoms with van der Waals surface area (Å²) in [5, 5.41) is 8.46. The van der Waals surface area contributed by atoms with E-state index in [0.29, 0.717) is 35.6 Å². The van der Waals surface area contributed by atoms with Crippen LogP contribution in [0.1, 0.15) is 83.4 Å². The largest absolute Gasteiger partial charge is 0.369 e. The van der Waals surface area contributed by atoms with Crippen LogP contribution in [-0.4, -0.2) is 88.7 Å². The SMILES string of the molecule is C=CC(=C)N1CCN(C2CCC(C3=C[C@@H](C)C(C)=NC(N4CC[C@H](c5c(C)cnn5C5(NC)CC5)[C@H](C)C4)C3)[C@@H]2C)CC1. The number of hydrogen-bond acceptors (Lipinski definition) is 6. The molecule has 7 nitrogen and oxygen atoms in total. The molecule has 5 aliphatic rings. The highest BCUT2D eigenvalue weighted by molar-refractivity contribution is 5.86. The Morgan fingerprint density at radius 2 is 1.74 bits per heavy atom. The van der Waals surface area contributed by atoms with E-state index in [1.54, 1.807) is 5.57 Å². The molecule has 6 rings (SSSR count). The number of nitrogens with one attached hydrogen (secondary N) is 1. The molecule has 1 aromatic heterocycles. The molecule has 0 aromatic carbocycles. The Kier molecular flexibility index (Phi) is 8.80. The third-order valence-electron chi connectivity index (χ3n) is 12.1. The molecule has 1 aromatic rings. The molecular formula is C36H57N7. The maximum absolute atomic E-state index is 5.42. The highest BCUT2D eigenvalue weighted by atomic mass is 15.4. The first-order valence-electron chi connectivity index (χ1n) is 17.2. The van der Waals surface area contributed by atoms with Crippen molar-refractivity contribution in [3.63, 3.8) is 0 Å². The Bertz CT molecular complexity index is 1250. The van der Waals surface area contributed by atoms with E-state index < -0.39 is 0 Å². The molecule has 3 unspecified atom stereocenters. The zero-order valence-corrected chi connectivity index (χ0v) is 27.9. The van der Waals surface area contributed by atoms with Crippen molar-refractivity contribution in [1.82, 2.24) is 29.8 Å². The van der Waals surface area contributed by atoms with Crippen molar-refractivity contribution in [3.8, 4) is 0 Å². The van der Waals surface area contributed by atoms with E-state index in [0.717, 1.165) is 51.4 Å². The van der Waals surface area contributed by atoms with Crippen LogP contribution in [0.25, 0.3) is 0 Å². The average Bonchev–Trinajstić information content (AvgIpc) is 3.62. The van der Waals surface area contributed by atoms with E-state index in [1.165, 1.54) is 49.1 Å². The van der Waals surface area contributed by atoms with Crippen LogP contribution >= 0.6 is 0 Å². The van der Waals surface area contributed by atoms with Gasteiger partial charge in [-0.2, -0.15) is 5.10 Å². The Hall–Kier alpha value is -2.22. The molecule has 4 fully saturated rings. The molecule has 0 spiro atoms. The summed E-state index contributed by atoms with van der Waals surface area (Å²) in [7, 11) is 2.09. The number of aliphatic imine (C=N–C) groups is 1. The van der Waals surface area contributed by atoms with Crippen molar-refractivity contribution in [1.29, 1.82) is 0 Å². The molecule has 3 aliphatic heterocycles. The molecule has 2 saturated carbocycles. The van der Waals surface area contributed by atoms with Crippen LogP contribution in [0.2, 0.25) is 0 Å². The van der Waals surface area contributed by atoms with Crippen molar-refractivity contribution in [2.75, 3.05) is 46.3 Å². The van der Waals surface area contributed by atoms with Gasteiger partial charge in [0.25, 0.3) is 0 Å². The van der Waals surface area contributed by atoms with Crippen molar-refractivity contribution in [3.05, 3.63) is 54.0 Å². The second-order valence-corrected chi connectivity index (χ2v) is 14.6. The summed E-state index contributed by atoms with van der Waals surface area (Å²) in [6.07, 6.45) is 14.1. The van der Waals surface area contributed by atoms with Gasteiger partial charge in [-0.25, -0.2) is 4.68 Å². The highest BCUT2D eigenvalue weighted by Gasteiger charge is 2.47. The van der Waals surface area contributed by atoms with Gasteiger partial charge in [0.2, 0.25) is 0 Å². The predicted octanol–water partition coefficient (Wildman–Crippen LogP) is 5.77. The van der Waals surface area contributed by atoms with Gasteiger partial charge in [-0.05, 0) is 82.4 Å². The zero-order valence-electron chi connectivity index (χ0n) is 27.9. The lowest BCUT2D eigenvalue weighted by Gasteiger charge is -2.42. The minimum Gasteiger partial charge on any atom is -0.369 e. The number of hydrogen-bond donors (Lipinski definition) is 1. The molecule has 236 valence electrons. The van der Waals surface area contributed by atoms with Gasteiger partial charge < -0.3 is 4.90 Å². The van der Waals surface area contributed by atoms with Crippen molar-refractivity contribution in [2.45, 2.75) is 96.9 Å². The van der Waals surface area contributed by atoms with Gasteiger partial charge in [0.1, 0.15) is 11.8 Å². The van der Waals surface area contributed by atoms with Gasteiger partial charge in [0.05, 0.1) is 6.20 Å². The average molecular weight is 588 g/mol. The van der Waals surface area contributed by atoms with E-state index in [9.17, 15) is 0 Å². The summed E-state index contributed by atoms with van der Waals surface area (Å²) >= 11 is 0. The molecule has 0 radical (unpaired) electrons. The normalized spacial score (nSPS) is 35.3. The van der Waals surface area contributed by atoms with E-state index in [1.807, 2.05) is 6.08 Å². The predicted molar refractivity (Wildman–Crippen MR) is 178 cm³/mol. The summed E-state index contributed by atoms with van der Waals surface area (Å²) in [6, 6.07) is 0.681. The first-order chi connectivity index (χ1) is 20.7. The lowest BCUT2D eigenvalue weighted by atomic mass is 9.81. The Labute approximate surface area is 261 Å². The molecule has 2 aliphatic carbocycles. The van der Waals surface area contributed by atoms with E-state index in [4.69, 9.17) is 10.1 Å². The molecular weight excluding hydrogens is 530 g/mol. The summed E-state index contributed by atoms with van der Waals surface area (Å²) in [5.74, 6) is 2.89. The van der Waals surface area contributed by atoms with Crippen LogP contribution in [0, 0.1) is 30.6 Å². The van der Waals surface area contributed by atoms with Gasteiger partial charge in [-0.3, -0.25) is 20.1 Å². The van der Waals surface area contributed by atoms with Crippen LogP contribution in [0.4, 0.5) is 0 Å². The Balaban J connectivity index is 1.13. The second-order valence-electron chi connectivity index (χ2n) is 14.6. The smallest absolute Gasteiger partial charge is 0.112 e. The third kappa shape index (κ3) is 5.82. The number of rotatable bonds is 8. The van der Waals surface area contributed by atoms with E-state index in [-0.39, 0.29) is 11.8 Å². The quantitative estimate of drug-likeness (QED) is 0.309. The first-order valence-corrected chi connectivity index (χ1v) is 17.2. The summed E-state index contributed by atoms with van der Waals surface area (Å²) in [5.41, 5.74) is 6.91. The van der Waals surface area contributed by atoms with Gasteiger partial charge in [0, 0.05) is 80.7 Å². The number of nitrogens with zero attached hydrogens (tertiary/aromatic N) is 6. The minimum atomic E-state index is 0.0442. The topological polar surface area (TPSA) is 51.9 Å². The van der Waals surface area contributed by atoms with Gasteiger partial charge in [0.15, 0.2) is 0 Å². The molecule has 0 amide bonds. The fourth-order valence-corrected chi connectivity index (χ4v) is 9.03. The lowest BCUT2D eigenvalue weighted by molar-refractivity contribution is 0.0945. The van der Waals surface area contributed by atoms with Gasteiger partial charge >= 0.3 is 0 Å². The van der Waals surface area contributed by atoms with Crippen LogP contribution in [0.15, 0.2) is 47.8 Å². The van der Waals surface area contributed by atoms with E-state index in [2.05, 4.69) is 91.8 Å². The standard InChI is InChI=1S/C36H57N7/c1-9-27(5)40-16-18-41(19-17-40)33-11-10-32(28(33)6)30-20-24(2)29(7)39-34(21-30)42-15-12-31(26(4)23-42)35-25(3)22-38-43(35)36(37-8)13-14-36/h9,20,22,24,26,28,31-34,37H,1,5,10-19,21,23H2,2-4,6-8H3/t24-,26-,28+,31+,32?,33?,34?/m1/s1. The van der Waals surface area contributed by atoms with Crippen molar-refractivity contribution in [2.24, 2.45) is 28.7 Å². The monoisotopic (exact) mass is 587 g/mol. The van der Waals surface area contributed by atoms with Crippen LogP contribution in [0.5, 0.6) is 0 Å². The summed E-state index contributed by atoms with van der Waals surface area (Å²) in [4.78, 5) is 13.3. The maximum atomic E-state index is 5.42. The van der Waals surface area contributed by atoms with Crippen molar-refractivity contribution < 1.29 is 0 Å². The van der Waals surface area contributed by atoms with Crippen LogP contribution in [0.3, 0.4) is 0 Å². The number of aromatic nitrogens is 2. The highest BCUT2D eigenvalue weighted by Crippen LogP contribution is 2.46. The Morgan fingerprint density at radius 1 is 1.00 bits per heavy atom. The molecule has 2 saturated heterocycles. The molecule has 43 heavy (non-hydrogen) atoms. The molecule has 4 heterocycles. The summed E-state index contributed by atoms with van der Waals surface area (Å²) in [6.45, 7) is 26.6. The maximum Gasteiger partial charge on any atom is 0.112 e. The number of aryl methyl sites for hydroxylation is 1.